The van der Waals surface area contributed by atoms with Crippen LogP contribution >= 0.6 is 11.3 Å². The average Bonchev–Trinajstić information content (AvgIpc) is 3.11. The molecule has 0 aliphatic heterocycles. The van der Waals surface area contributed by atoms with Gasteiger partial charge in [0.15, 0.2) is 5.13 Å². The third-order valence-electron chi connectivity index (χ3n) is 3.36. The number of amides is 1. The van der Waals surface area contributed by atoms with E-state index < -0.39 is 0 Å². The highest BCUT2D eigenvalue weighted by molar-refractivity contribution is 7.14. The highest BCUT2D eigenvalue weighted by Gasteiger charge is 2.14. The van der Waals surface area contributed by atoms with Crippen LogP contribution in [0.1, 0.15) is 10.4 Å². The minimum atomic E-state index is -0.264. The summed E-state index contributed by atoms with van der Waals surface area (Å²) in [4.78, 5) is 21.1. The molecule has 25 heavy (non-hydrogen) atoms. The van der Waals surface area contributed by atoms with Gasteiger partial charge >= 0.3 is 0 Å². The quantitative estimate of drug-likeness (QED) is 0.657. The van der Waals surface area contributed by atoms with Crippen molar-refractivity contribution in [1.82, 2.24) is 9.97 Å². The predicted octanol–water partition coefficient (Wildman–Crippen LogP) is 3.48. The molecule has 0 fully saturated rings. The lowest BCUT2D eigenvalue weighted by atomic mass is 10.2. The van der Waals surface area contributed by atoms with Crippen LogP contribution in [0.15, 0.2) is 54.2 Å². The van der Waals surface area contributed by atoms with E-state index in [1.165, 1.54) is 11.3 Å². The summed E-state index contributed by atoms with van der Waals surface area (Å²) in [5.74, 6) is 0.251. The van der Waals surface area contributed by atoms with Gasteiger partial charge in [0.05, 0.1) is 17.9 Å². The van der Waals surface area contributed by atoms with Gasteiger partial charge in [-0.3, -0.25) is 15.1 Å². The molecule has 0 aliphatic carbocycles. The van der Waals surface area contributed by atoms with Crippen molar-refractivity contribution in [3.05, 3.63) is 59.7 Å². The molecule has 0 bridgehead atoms. The standard InChI is InChI=1S/C18H17N3O3S/c1-23-9-10-24-16-7-3-2-6-14(16)17(22)21-18-20-15(12-25-18)13-5-4-8-19-11-13/h2-8,11-12H,9-10H2,1H3,(H,20,21,22). The third-order valence-corrected chi connectivity index (χ3v) is 4.12. The molecule has 3 rings (SSSR count). The number of thiazole rings is 1. The van der Waals surface area contributed by atoms with E-state index in [1.807, 2.05) is 23.6 Å². The van der Waals surface area contributed by atoms with Gasteiger partial charge in [0.2, 0.25) is 0 Å². The summed E-state index contributed by atoms with van der Waals surface area (Å²) < 4.78 is 10.6. The lowest BCUT2D eigenvalue weighted by molar-refractivity contribution is 0.101. The average molecular weight is 355 g/mol. The fourth-order valence-electron chi connectivity index (χ4n) is 2.16. The smallest absolute Gasteiger partial charge is 0.261 e. The Kier molecular flexibility index (Phi) is 5.71. The molecule has 0 spiro atoms. The Labute approximate surface area is 149 Å². The number of carbonyl (C=O) groups is 1. The largest absolute Gasteiger partial charge is 0.490 e. The van der Waals surface area contributed by atoms with E-state index in [4.69, 9.17) is 9.47 Å². The zero-order valence-electron chi connectivity index (χ0n) is 13.6. The van der Waals surface area contributed by atoms with E-state index in [1.54, 1.807) is 37.7 Å². The maximum Gasteiger partial charge on any atom is 0.261 e. The first-order chi connectivity index (χ1) is 12.3. The fourth-order valence-corrected chi connectivity index (χ4v) is 2.87. The van der Waals surface area contributed by atoms with Gasteiger partial charge in [-0.2, -0.15) is 0 Å². The Morgan fingerprint density at radius 3 is 2.88 bits per heavy atom. The molecule has 7 heteroatoms. The van der Waals surface area contributed by atoms with Crippen molar-refractivity contribution in [3.63, 3.8) is 0 Å². The van der Waals surface area contributed by atoms with Crippen molar-refractivity contribution in [2.75, 3.05) is 25.6 Å². The second kappa shape index (κ2) is 8.36. The highest BCUT2D eigenvalue weighted by Crippen LogP contribution is 2.25. The van der Waals surface area contributed by atoms with Crippen molar-refractivity contribution < 1.29 is 14.3 Å². The lowest BCUT2D eigenvalue weighted by Crippen LogP contribution is -2.14. The summed E-state index contributed by atoms with van der Waals surface area (Å²) in [6, 6.07) is 10.9. The van der Waals surface area contributed by atoms with Crippen LogP contribution in [0.5, 0.6) is 5.75 Å². The maximum absolute atomic E-state index is 12.5. The molecule has 2 aromatic heterocycles. The lowest BCUT2D eigenvalue weighted by Gasteiger charge is -2.10. The number of pyridine rings is 1. The van der Waals surface area contributed by atoms with Crippen molar-refractivity contribution in [2.45, 2.75) is 0 Å². The Morgan fingerprint density at radius 2 is 2.08 bits per heavy atom. The SMILES string of the molecule is COCCOc1ccccc1C(=O)Nc1nc(-c2cccnc2)cs1. The molecular weight excluding hydrogens is 338 g/mol. The van der Waals surface area contributed by atoms with Crippen LogP contribution in [0.4, 0.5) is 5.13 Å². The summed E-state index contributed by atoms with van der Waals surface area (Å²) in [5, 5.41) is 5.22. The molecule has 0 saturated carbocycles. The molecule has 0 atom stereocenters. The van der Waals surface area contributed by atoms with Crippen LogP contribution in [-0.4, -0.2) is 36.2 Å². The number of hydrogen-bond donors (Lipinski definition) is 1. The predicted molar refractivity (Wildman–Crippen MR) is 97.1 cm³/mol. The Bertz CT molecular complexity index is 836. The number of hydrogen-bond acceptors (Lipinski definition) is 6. The van der Waals surface area contributed by atoms with E-state index in [9.17, 15) is 4.79 Å². The number of aromatic nitrogens is 2. The first-order valence-electron chi connectivity index (χ1n) is 7.66. The molecule has 1 aromatic carbocycles. The van der Waals surface area contributed by atoms with Crippen LogP contribution in [0, 0.1) is 0 Å². The van der Waals surface area contributed by atoms with Crippen LogP contribution in [0.25, 0.3) is 11.3 Å². The summed E-state index contributed by atoms with van der Waals surface area (Å²) in [6.07, 6.45) is 3.44. The fraction of sp³-hybridized carbons (Fsp3) is 0.167. The summed E-state index contributed by atoms with van der Waals surface area (Å²) in [6.45, 7) is 0.833. The van der Waals surface area contributed by atoms with E-state index in [0.717, 1.165) is 11.3 Å². The van der Waals surface area contributed by atoms with Crippen LogP contribution < -0.4 is 10.1 Å². The number of rotatable bonds is 7. The van der Waals surface area contributed by atoms with Gasteiger partial charge < -0.3 is 9.47 Å². The van der Waals surface area contributed by atoms with Crippen LogP contribution in [0.3, 0.4) is 0 Å². The normalized spacial score (nSPS) is 10.4. The van der Waals surface area contributed by atoms with E-state index in [2.05, 4.69) is 15.3 Å². The highest BCUT2D eigenvalue weighted by atomic mass is 32.1. The molecule has 2 heterocycles. The number of anilines is 1. The monoisotopic (exact) mass is 355 g/mol. The van der Waals surface area contributed by atoms with Crippen molar-refractivity contribution >= 4 is 22.4 Å². The molecular formula is C18H17N3O3S. The molecule has 0 unspecified atom stereocenters. The Balaban J connectivity index is 1.72. The Morgan fingerprint density at radius 1 is 1.20 bits per heavy atom. The van der Waals surface area contributed by atoms with Gasteiger partial charge in [-0.15, -0.1) is 11.3 Å². The molecule has 1 amide bonds. The van der Waals surface area contributed by atoms with Gasteiger partial charge in [-0.1, -0.05) is 12.1 Å². The van der Waals surface area contributed by atoms with Crippen molar-refractivity contribution in [3.8, 4) is 17.0 Å². The number of nitrogens with zero attached hydrogens (tertiary/aromatic N) is 2. The van der Waals surface area contributed by atoms with E-state index in [0.29, 0.717) is 29.7 Å². The van der Waals surface area contributed by atoms with Crippen molar-refractivity contribution in [1.29, 1.82) is 0 Å². The maximum atomic E-state index is 12.5. The zero-order valence-corrected chi connectivity index (χ0v) is 14.5. The molecule has 0 saturated heterocycles. The number of carbonyl (C=O) groups excluding carboxylic acids is 1. The number of nitrogens with one attached hydrogen (secondary N) is 1. The van der Waals surface area contributed by atoms with E-state index >= 15 is 0 Å². The minimum Gasteiger partial charge on any atom is -0.490 e. The first-order valence-corrected chi connectivity index (χ1v) is 8.54. The molecule has 128 valence electrons. The summed E-state index contributed by atoms with van der Waals surface area (Å²) in [7, 11) is 1.60. The van der Waals surface area contributed by atoms with Crippen LogP contribution in [0.2, 0.25) is 0 Å². The molecule has 1 N–H and O–H groups in total. The number of ether oxygens (including phenoxy) is 2. The van der Waals surface area contributed by atoms with Gasteiger partial charge in [0.25, 0.3) is 5.91 Å². The van der Waals surface area contributed by atoms with E-state index in [-0.39, 0.29) is 5.91 Å². The Hall–Kier alpha value is -2.77. The molecule has 0 aliphatic rings. The zero-order chi connectivity index (χ0) is 17.5. The van der Waals surface area contributed by atoms with Gasteiger partial charge in [0.1, 0.15) is 12.4 Å². The minimum absolute atomic E-state index is 0.264. The molecule has 6 nitrogen and oxygen atoms in total. The van der Waals surface area contributed by atoms with Crippen LogP contribution in [-0.2, 0) is 4.74 Å². The topological polar surface area (TPSA) is 73.3 Å². The summed E-state index contributed by atoms with van der Waals surface area (Å²) >= 11 is 1.36. The second-order valence-electron chi connectivity index (χ2n) is 5.07. The third kappa shape index (κ3) is 4.40. The molecule has 3 aromatic rings. The number of benzene rings is 1. The summed E-state index contributed by atoms with van der Waals surface area (Å²) in [5.41, 5.74) is 2.14. The van der Waals surface area contributed by atoms with Gasteiger partial charge in [-0.25, -0.2) is 4.98 Å². The van der Waals surface area contributed by atoms with Gasteiger partial charge in [-0.05, 0) is 24.3 Å². The number of methoxy groups -OCH3 is 1. The first kappa shape index (κ1) is 17.1. The molecule has 0 radical (unpaired) electrons. The van der Waals surface area contributed by atoms with Gasteiger partial charge in [0, 0.05) is 30.4 Å². The number of para-hydroxylation sites is 1. The second-order valence-corrected chi connectivity index (χ2v) is 5.93. The van der Waals surface area contributed by atoms with Crippen molar-refractivity contribution in [2.24, 2.45) is 0 Å².